The number of H-pyrrole nitrogens is 1. The minimum atomic E-state index is -0.0925. The van der Waals surface area contributed by atoms with Crippen LogP contribution in [0.3, 0.4) is 0 Å². The molecule has 1 fully saturated rings. The highest BCUT2D eigenvalue weighted by atomic mass is 16.5. The number of nitrogens with one attached hydrogen (secondary N) is 3. The van der Waals surface area contributed by atoms with Gasteiger partial charge >= 0.3 is 0 Å². The zero-order valence-corrected chi connectivity index (χ0v) is 13.4. The van der Waals surface area contributed by atoms with Crippen LogP contribution in [0.2, 0.25) is 0 Å². The van der Waals surface area contributed by atoms with E-state index in [0.29, 0.717) is 11.5 Å². The molecule has 1 aromatic heterocycles. The number of ether oxygens (including phenoxy) is 1. The number of amides is 1. The second kappa shape index (κ2) is 6.83. The number of aromatic amines is 1. The summed E-state index contributed by atoms with van der Waals surface area (Å²) in [7, 11) is 1.63. The normalized spacial score (nSPS) is 21.0. The third-order valence-corrected chi connectivity index (χ3v) is 4.41. The van der Waals surface area contributed by atoms with Gasteiger partial charge in [-0.25, -0.2) is 0 Å². The van der Waals surface area contributed by atoms with Crippen molar-refractivity contribution in [2.24, 2.45) is 5.92 Å². The number of piperidine rings is 1. The minimum absolute atomic E-state index is 0.0925. The zero-order valence-electron chi connectivity index (χ0n) is 13.4. The van der Waals surface area contributed by atoms with Crippen LogP contribution in [0.25, 0.3) is 11.3 Å². The molecule has 0 spiro atoms. The highest BCUT2D eigenvalue weighted by Gasteiger charge is 2.24. The average molecular weight is 314 g/mol. The van der Waals surface area contributed by atoms with Gasteiger partial charge in [-0.2, -0.15) is 5.10 Å². The molecule has 122 valence electrons. The maximum Gasteiger partial charge on any atom is 0.255 e. The number of carbonyl (C=O) groups excluding carboxylic acids is 1. The van der Waals surface area contributed by atoms with Crippen molar-refractivity contribution >= 4 is 5.91 Å². The van der Waals surface area contributed by atoms with Crippen LogP contribution in [0.1, 0.15) is 23.7 Å². The van der Waals surface area contributed by atoms with Gasteiger partial charge in [0.25, 0.3) is 5.91 Å². The molecule has 1 aliphatic heterocycles. The predicted octanol–water partition coefficient (Wildman–Crippen LogP) is 1.81. The van der Waals surface area contributed by atoms with Crippen LogP contribution in [-0.4, -0.2) is 42.3 Å². The van der Waals surface area contributed by atoms with Gasteiger partial charge in [-0.1, -0.05) is 6.92 Å². The van der Waals surface area contributed by atoms with E-state index in [9.17, 15) is 4.79 Å². The van der Waals surface area contributed by atoms with Crippen LogP contribution in [-0.2, 0) is 0 Å². The molecule has 0 aliphatic carbocycles. The standard InChI is InChI=1S/C17H22N4O2/c1-11-7-8-18-10-15(11)20-17(22)14-9-19-21-16(14)12-3-5-13(23-2)6-4-12/h3-6,9,11,15,18H,7-8,10H2,1-2H3,(H,19,21)(H,20,22). The molecule has 3 rings (SSSR count). The fraction of sp³-hybridized carbons (Fsp3) is 0.412. The van der Waals surface area contributed by atoms with Crippen LogP contribution in [0.5, 0.6) is 5.75 Å². The molecule has 1 aliphatic rings. The van der Waals surface area contributed by atoms with Crippen molar-refractivity contribution in [1.29, 1.82) is 0 Å². The van der Waals surface area contributed by atoms with Crippen LogP contribution >= 0.6 is 0 Å². The Morgan fingerprint density at radius 1 is 1.35 bits per heavy atom. The van der Waals surface area contributed by atoms with Crippen molar-refractivity contribution in [3.05, 3.63) is 36.0 Å². The van der Waals surface area contributed by atoms with Crippen molar-refractivity contribution in [2.75, 3.05) is 20.2 Å². The molecule has 2 heterocycles. The Kier molecular flexibility index (Phi) is 4.62. The molecule has 0 radical (unpaired) electrons. The summed E-state index contributed by atoms with van der Waals surface area (Å²) in [5.41, 5.74) is 2.19. The largest absolute Gasteiger partial charge is 0.497 e. The Morgan fingerprint density at radius 2 is 2.13 bits per heavy atom. The molecule has 0 saturated carbocycles. The van der Waals surface area contributed by atoms with Gasteiger partial charge in [0.2, 0.25) is 0 Å². The van der Waals surface area contributed by atoms with Crippen molar-refractivity contribution in [3.8, 4) is 17.0 Å². The summed E-state index contributed by atoms with van der Waals surface area (Å²) in [6.45, 7) is 3.99. The number of nitrogens with zero attached hydrogens (tertiary/aromatic N) is 1. The number of methoxy groups -OCH3 is 1. The van der Waals surface area contributed by atoms with Gasteiger partial charge in [-0.15, -0.1) is 0 Å². The van der Waals surface area contributed by atoms with Crippen molar-refractivity contribution in [2.45, 2.75) is 19.4 Å². The lowest BCUT2D eigenvalue weighted by atomic mass is 9.94. The maximum atomic E-state index is 12.6. The first-order chi connectivity index (χ1) is 11.2. The van der Waals surface area contributed by atoms with E-state index in [4.69, 9.17) is 4.74 Å². The minimum Gasteiger partial charge on any atom is -0.497 e. The Bertz CT molecular complexity index is 665. The summed E-state index contributed by atoms with van der Waals surface area (Å²) in [5.74, 6) is 1.16. The third-order valence-electron chi connectivity index (χ3n) is 4.41. The monoisotopic (exact) mass is 314 g/mol. The molecule has 6 heteroatoms. The summed E-state index contributed by atoms with van der Waals surface area (Å²) in [6, 6.07) is 7.70. The van der Waals surface area contributed by atoms with E-state index in [2.05, 4.69) is 27.8 Å². The summed E-state index contributed by atoms with van der Waals surface area (Å²) in [5, 5.41) is 13.4. The van der Waals surface area contributed by atoms with E-state index in [1.165, 1.54) is 0 Å². The average Bonchev–Trinajstić information content (AvgIpc) is 3.07. The van der Waals surface area contributed by atoms with Gasteiger partial charge in [-0.3, -0.25) is 9.89 Å². The first-order valence-electron chi connectivity index (χ1n) is 7.88. The number of aromatic nitrogens is 2. The summed E-state index contributed by atoms with van der Waals surface area (Å²) < 4.78 is 5.16. The lowest BCUT2D eigenvalue weighted by Crippen LogP contribution is -2.50. The van der Waals surface area contributed by atoms with E-state index >= 15 is 0 Å². The molecular weight excluding hydrogens is 292 g/mol. The summed E-state index contributed by atoms with van der Waals surface area (Å²) in [6.07, 6.45) is 2.65. The molecule has 23 heavy (non-hydrogen) atoms. The van der Waals surface area contributed by atoms with Crippen LogP contribution < -0.4 is 15.4 Å². The summed E-state index contributed by atoms with van der Waals surface area (Å²) >= 11 is 0. The lowest BCUT2D eigenvalue weighted by Gasteiger charge is -2.30. The smallest absolute Gasteiger partial charge is 0.255 e. The van der Waals surface area contributed by atoms with Crippen LogP contribution in [0.15, 0.2) is 30.5 Å². The molecule has 1 aromatic carbocycles. The Labute approximate surface area is 135 Å². The van der Waals surface area contributed by atoms with Gasteiger partial charge < -0.3 is 15.4 Å². The lowest BCUT2D eigenvalue weighted by molar-refractivity contribution is 0.0916. The number of benzene rings is 1. The first kappa shape index (κ1) is 15.6. The number of carbonyl (C=O) groups is 1. The Morgan fingerprint density at radius 3 is 2.83 bits per heavy atom. The fourth-order valence-corrected chi connectivity index (χ4v) is 2.87. The van der Waals surface area contributed by atoms with E-state index in [0.717, 1.165) is 36.5 Å². The van der Waals surface area contributed by atoms with Crippen LogP contribution in [0, 0.1) is 5.92 Å². The van der Waals surface area contributed by atoms with Crippen LogP contribution in [0.4, 0.5) is 0 Å². The molecule has 6 nitrogen and oxygen atoms in total. The van der Waals surface area contributed by atoms with Gasteiger partial charge in [0, 0.05) is 18.2 Å². The zero-order chi connectivity index (χ0) is 16.2. The molecule has 1 amide bonds. The van der Waals surface area contributed by atoms with Crippen molar-refractivity contribution in [1.82, 2.24) is 20.8 Å². The molecule has 0 bridgehead atoms. The first-order valence-corrected chi connectivity index (χ1v) is 7.88. The Balaban J connectivity index is 1.78. The fourth-order valence-electron chi connectivity index (χ4n) is 2.87. The van der Waals surface area contributed by atoms with E-state index < -0.39 is 0 Å². The molecular formula is C17H22N4O2. The quantitative estimate of drug-likeness (QED) is 0.804. The summed E-state index contributed by atoms with van der Waals surface area (Å²) in [4.78, 5) is 12.6. The van der Waals surface area contributed by atoms with E-state index in [1.54, 1.807) is 13.3 Å². The van der Waals surface area contributed by atoms with Gasteiger partial charge in [0.05, 0.1) is 24.6 Å². The molecule has 1 saturated heterocycles. The number of rotatable bonds is 4. The third kappa shape index (κ3) is 3.37. The highest BCUT2D eigenvalue weighted by Crippen LogP contribution is 2.24. The second-order valence-electron chi connectivity index (χ2n) is 5.94. The van der Waals surface area contributed by atoms with Crippen molar-refractivity contribution < 1.29 is 9.53 Å². The predicted molar refractivity (Wildman–Crippen MR) is 88.5 cm³/mol. The number of hydrogen-bond donors (Lipinski definition) is 3. The molecule has 2 unspecified atom stereocenters. The van der Waals surface area contributed by atoms with E-state index in [-0.39, 0.29) is 11.9 Å². The highest BCUT2D eigenvalue weighted by molar-refractivity contribution is 5.99. The van der Waals surface area contributed by atoms with Crippen molar-refractivity contribution in [3.63, 3.8) is 0 Å². The number of hydrogen-bond acceptors (Lipinski definition) is 4. The molecule has 2 atom stereocenters. The molecule has 2 aromatic rings. The van der Waals surface area contributed by atoms with Gasteiger partial charge in [0.1, 0.15) is 5.75 Å². The second-order valence-corrected chi connectivity index (χ2v) is 5.94. The Hall–Kier alpha value is -2.34. The SMILES string of the molecule is COc1ccc(-c2[nH]ncc2C(=O)NC2CNCCC2C)cc1. The van der Waals surface area contributed by atoms with E-state index in [1.807, 2.05) is 24.3 Å². The molecule has 3 N–H and O–H groups in total. The maximum absolute atomic E-state index is 12.6. The topological polar surface area (TPSA) is 79.0 Å². The van der Waals surface area contributed by atoms with Gasteiger partial charge in [0.15, 0.2) is 0 Å². The van der Waals surface area contributed by atoms with Gasteiger partial charge in [-0.05, 0) is 43.1 Å².